The summed E-state index contributed by atoms with van der Waals surface area (Å²) in [6, 6.07) is 3.30. The van der Waals surface area contributed by atoms with Crippen molar-refractivity contribution in [1.29, 1.82) is 0 Å². The van der Waals surface area contributed by atoms with Gasteiger partial charge in [-0.05, 0) is 43.7 Å². The number of nitrogens with zero attached hydrogens (tertiary/aromatic N) is 2. The van der Waals surface area contributed by atoms with Crippen LogP contribution in [0.2, 0.25) is 0 Å². The molecule has 2 heterocycles. The molecule has 1 saturated carbocycles. The summed E-state index contributed by atoms with van der Waals surface area (Å²) in [6.45, 7) is 1.91. The quantitative estimate of drug-likeness (QED) is 0.784. The number of hydrogen-bond donors (Lipinski definition) is 2. The highest BCUT2D eigenvalue weighted by Gasteiger charge is 2.26. The highest BCUT2D eigenvalue weighted by Crippen LogP contribution is 2.28. The normalized spacial score (nSPS) is 19.7. The van der Waals surface area contributed by atoms with Crippen LogP contribution in [-0.4, -0.2) is 38.9 Å². The maximum atomic E-state index is 12.2. The molecule has 0 spiro atoms. The number of anilines is 1. The van der Waals surface area contributed by atoms with E-state index < -0.39 is 10.0 Å². The van der Waals surface area contributed by atoms with Crippen LogP contribution in [-0.2, 0) is 14.8 Å². The Morgan fingerprint density at radius 1 is 1.26 bits per heavy atom. The molecule has 3 rings (SSSR count). The largest absolute Gasteiger partial charge is 0.369 e. The number of carbonyl (C=O) groups is 1. The van der Waals surface area contributed by atoms with Gasteiger partial charge in [-0.25, -0.2) is 18.1 Å². The van der Waals surface area contributed by atoms with E-state index >= 15 is 0 Å². The van der Waals surface area contributed by atoms with Gasteiger partial charge in [-0.3, -0.25) is 4.79 Å². The molecule has 0 atom stereocenters. The summed E-state index contributed by atoms with van der Waals surface area (Å²) >= 11 is 0. The molecule has 23 heavy (non-hydrogen) atoms. The molecule has 1 aliphatic carbocycles. The van der Waals surface area contributed by atoms with Gasteiger partial charge in [-0.1, -0.05) is 0 Å². The number of nitrogens with one attached hydrogen (secondary N) is 1. The van der Waals surface area contributed by atoms with Crippen molar-refractivity contribution >= 4 is 21.7 Å². The van der Waals surface area contributed by atoms with E-state index in [9.17, 15) is 13.2 Å². The highest BCUT2D eigenvalue weighted by atomic mass is 32.2. The van der Waals surface area contributed by atoms with E-state index in [0.717, 1.165) is 18.7 Å². The van der Waals surface area contributed by atoms with Crippen LogP contribution in [0.25, 0.3) is 0 Å². The predicted molar refractivity (Wildman–Crippen MR) is 86.3 cm³/mol. The van der Waals surface area contributed by atoms with E-state index in [1.54, 1.807) is 12.1 Å². The maximum Gasteiger partial charge on any atom is 0.242 e. The minimum absolute atomic E-state index is 0.0717. The first kappa shape index (κ1) is 16.2. The smallest absolute Gasteiger partial charge is 0.242 e. The molecule has 2 aliphatic rings. The van der Waals surface area contributed by atoms with Crippen LogP contribution in [0.1, 0.15) is 25.7 Å². The van der Waals surface area contributed by atoms with E-state index in [2.05, 4.69) is 9.71 Å². The predicted octanol–water partition coefficient (Wildman–Crippen LogP) is 0.472. The van der Waals surface area contributed by atoms with Crippen molar-refractivity contribution in [3.8, 4) is 0 Å². The fourth-order valence-electron chi connectivity index (χ4n) is 2.74. The number of carbonyl (C=O) groups excluding carboxylic acids is 1. The van der Waals surface area contributed by atoms with Crippen LogP contribution in [0.4, 0.5) is 5.82 Å². The van der Waals surface area contributed by atoms with Crippen LogP contribution in [0.5, 0.6) is 0 Å². The highest BCUT2D eigenvalue weighted by molar-refractivity contribution is 7.89. The van der Waals surface area contributed by atoms with Crippen LogP contribution in [0.15, 0.2) is 23.2 Å². The zero-order valence-corrected chi connectivity index (χ0v) is 13.8. The summed E-state index contributed by atoms with van der Waals surface area (Å²) in [5.41, 5.74) is 5.33. The summed E-state index contributed by atoms with van der Waals surface area (Å²) in [4.78, 5) is 17.7. The number of pyridine rings is 1. The van der Waals surface area contributed by atoms with E-state index in [0.29, 0.717) is 38.4 Å². The van der Waals surface area contributed by atoms with Crippen LogP contribution >= 0.6 is 0 Å². The van der Waals surface area contributed by atoms with Crippen molar-refractivity contribution in [1.82, 2.24) is 9.71 Å². The second-order valence-electron chi connectivity index (χ2n) is 6.31. The fraction of sp³-hybridized carbons (Fsp3) is 0.600. The Morgan fingerprint density at radius 3 is 2.48 bits per heavy atom. The monoisotopic (exact) mass is 338 g/mol. The van der Waals surface area contributed by atoms with E-state index in [1.807, 2.05) is 4.90 Å². The molecule has 0 unspecified atom stereocenters. The average Bonchev–Trinajstić information content (AvgIpc) is 3.38. The Kier molecular flexibility index (Phi) is 4.54. The number of aromatic nitrogens is 1. The van der Waals surface area contributed by atoms with Crippen molar-refractivity contribution in [2.45, 2.75) is 30.6 Å². The molecule has 1 saturated heterocycles. The Balaban J connectivity index is 1.61. The third-order valence-electron chi connectivity index (χ3n) is 4.51. The third-order valence-corrected chi connectivity index (χ3v) is 5.92. The summed E-state index contributed by atoms with van der Waals surface area (Å²) in [6.07, 6.45) is 5.01. The lowest BCUT2D eigenvalue weighted by Gasteiger charge is -2.31. The van der Waals surface area contributed by atoms with Gasteiger partial charge < -0.3 is 10.6 Å². The number of rotatable bonds is 6. The zero-order valence-electron chi connectivity index (χ0n) is 12.9. The van der Waals surface area contributed by atoms with Gasteiger partial charge in [0, 0.05) is 31.7 Å². The van der Waals surface area contributed by atoms with Gasteiger partial charge in [-0.2, -0.15) is 0 Å². The summed E-state index contributed by atoms with van der Waals surface area (Å²) < 4.78 is 26.9. The Bertz CT molecular complexity index is 662. The summed E-state index contributed by atoms with van der Waals surface area (Å²) in [5.74, 6) is 0.899. The van der Waals surface area contributed by atoms with E-state index in [-0.39, 0.29) is 16.7 Å². The molecule has 8 heteroatoms. The van der Waals surface area contributed by atoms with Gasteiger partial charge in [-0.15, -0.1) is 0 Å². The van der Waals surface area contributed by atoms with Crippen molar-refractivity contribution in [2.24, 2.45) is 17.6 Å². The average molecular weight is 338 g/mol. The molecule has 126 valence electrons. The number of piperidine rings is 1. The van der Waals surface area contributed by atoms with Gasteiger partial charge in [0.2, 0.25) is 15.9 Å². The first-order valence-electron chi connectivity index (χ1n) is 7.96. The molecule has 1 amide bonds. The molecule has 3 N–H and O–H groups in total. The molecule has 1 aromatic rings. The zero-order chi connectivity index (χ0) is 16.4. The van der Waals surface area contributed by atoms with Crippen LogP contribution < -0.4 is 15.4 Å². The molecular weight excluding hydrogens is 316 g/mol. The lowest BCUT2D eigenvalue weighted by atomic mass is 9.96. The summed E-state index contributed by atoms with van der Waals surface area (Å²) in [7, 11) is -3.48. The van der Waals surface area contributed by atoms with Gasteiger partial charge in [0.25, 0.3) is 0 Å². The molecule has 2 fully saturated rings. The minimum atomic E-state index is -3.48. The lowest BCUT2D eigenvalue weighted by Crippen LogP contribution is -2.38. The molecule has 7 nitrogen and oxygen atoms in total. The maximum absolute atomic E-state index is 12.2. The Labute approximate surface area is 136 Å². The van der Waals surface area contributed by atoms with Crippen LogP contribution in [0.3, 0.4) is 0 Å². The lowest BCUT2D eigenvalue weighted by molar-refractivity contribution is -0.122. The fourth-order valence-corrected chi connectivity index (χ4v) is 3.80. The first-order valence-corrected chi connectivity index (χ1v) is 9.44. The van der Waals surface area contributed by atoms with E-state index in [4.69, 9.17) is 5.73 Å². The van der Waals surface area contributed by atoms with Crippen molar-refractivity contribution in [3.63, 3.8) is 0 Å². The topological polar surface area (TPSA) is 105 Å². The Hall–Kier alpha value is -1.67. The third kappa shape index (κ3) is 4.00. The molecule has 0 aromatic carbocycles. The van der Waals surface area contributed by atoms with E-state index in [1.165, 1.54) is 6.20 Å². The minimum Gasteiger partial charge on any atom is -0.369 e. The van der Waals surface area contributed by atoms with Crippen molar-refractivity contribution in [2.75, 3.05) is 24.5 Å². The number of nitrogens with two attached hydrogens (primary N) is 1. The van der Waals surface area contributed by atoms with Gasteiger partial charge in [0.15, 0.2) is 0 Å². The molecule has 1 aliphatic heterocycles. The van der Waals surface area contributed by atoms with Gasteiger partial charge in [0.1, 0.15) is 10.7 Å². The number of sulfonamides is 1. The number of amides is 1. The SMILES string of the molecule is NC(=O)C1CCN(c2ccc(S(=O)(=O)NCC3CC3)cn2)CC1. The number of hydrogen-bond acceptors (Lipinski definition) is 5. The van der Waals surface area contributed by atoms with Crippen LogP contribution in [0, 0.1) is 11.8 Å². The first-order chi connectivity index (χ1) is 11.0. The number of primary amides is 1. The molecule has 0 radical (unpaired) electrons. The molecular formula is C15H22N4O3S. The summed E-state index contributed by atoms with van der Waals surface area (Å²) in [5, 5.41) is 0. The van der Waals surface area contributed by atoms with Crippen molar-refractivity contribution in [3.05, 3.63) is 18.3 Å². The molecule has 1 aromatic heterocycles. The van der Waals surface area contributed by atoms with Crippen molar-refractivity contribution < 1.29 is 13.2 Å². The standard InChI is InChI=1S/C15H22N4O3S/c16-15(20)12-5-7-19(8-6-12)14-4-3-13(10-17-14)23(21,22)18-9-11-1-2-11/h3-4,10-12,18H,1-2,5-9H2,(H2,16,20). The van der Waals surface area contributed by atoms with Gasteiger partial charge >= 0.3 is 0 Å². The second kappa shape index (κ2) is 6.45. The molecule has 0 bridgehead atoms. The van der Waals surface area contributed by atoms with Gasteiger partial charge in [0.05, 0.1) is 0 Å². The second-order valence-corrected chi connectivity index (χ2v) is 8.08. The Morgan fingerprint density at radius 2 is 1.96 bits per heavy atom.